The minimum Gasteiger partial charge on any atom is -0.309 e. The van der Waals surface area contributed by atoms with Crippen LogP contribution in [0.4, 0.5) is 0 Å². The van der Waals surface area contributed by atoms with Gasteiger partial charge in [0.25, 0.3) is 0 Å². The Labute approximate surface area is 323 Å². The van der Waals surface area contributed by atoms with Crippen molar-refractivity contribution in [2.75, 3.05) is 0 Å². The molecule has 0 amide bonds. The third-order valence-electron chi connectivity index (χ3n) is 10.8. The Bertz CT molecular complexity index is 3160. The zero-order valence-corrected chi connectivity index (χ0v) is 30.3. The van der Waals surface area contributed by atoms with Crippen LogP contribution in [0.1, 0.15) is 0 Å². The topological polar surface area (TPSA) is 48.5 Å². The van der Waals surface area contributed by atoms with Crippen molar-refractivity contribution in [3.63, 3.8) is 0 Å². The van der Waals surface area contributed by atoms with Gasteiger partial charge in [-0.1, -0.05) is 170 Å². The van der Waals surface area contributed by atoms with Crippen molar-refractivity contribution in [3.05, 3.63) is 200 Å². The highest BCUT2D eigenvalue weighted by molar-refractivity contribution is 6.19. The molecule has 11 rings (SSSR count). The average Bonchev–Trinajstić information content (AvgIpc) is 3.78. The first-order valence-corrected chi connectivity index (χ1v) is 18.9. The molecule has 0 spiro atoms. The molecule has 0 radical (unpaired) electrons. The molecule has 0 saturated heterocycles. The molecule has 11 aromatic rings. The van der Waals surface area contributed by atoms with Crippen molar-refractivity contribution >= 4 is 43.6 Å². The Balaban J connectivity index is 1.25. The first kappa shape index (κ1) is 31.9. The summed E-state index contributed by atoms with van der Waals surface area (Å²) in [5.74, 6) is 1.82. The lowest BCUT2D eigenvalue weighted by atomic mass is 9.98. The Kier molecular flexibility index (Phi) is 7.42. The molecule has 0 aliphatic rings. The maximum Gasteiger partial charge on any atom is 0.238 e. The van der Waals surface area contributed by atoms with E-state index in [2.05, 4.69) is 173 Å². The van der Waals surface area contributed by atoms with Gasteiger partial charge in [-0.3, -0.25) is 4.57 Å². The fourth-order valence-electron chi connectivity index (χ4n) is 8.19. The number of hydrogen-bond acceptors (Lipinski definition) is 3. The third-order valence-corrected chi connectivity index (χ3v) is 10.8. The van der Waals surface area contributed by atoms with Crippen LogP contribution in [0.15, 0.2) is 200 Å². The summed E-state index contributed by atoms with van der Waals surface area (Å²) in [6, 6.07) is 70.5. The van der Waals surface area contributed by atoms with E-state index in [9.17, 15) is 0 Å². The van der Waals surface area contributed by atoms with Crippen molar-refractivity contribution in [2.45, 2.75) is 0 Å². The van der Waals surface area contributed by atoms with E-state index >= 15 is 0 Å². The SMILES string of the molecule is c1ccc(-c2ccc(-c3ccccc3)c(-n3c4ccccc4c4cc5c6ccccc6n(-c6nc(-c7ccccc7)nc(-c7ccccc7)n6)c5cc43)c2)cc1. The fourth-order valence-corrected chi connectivity index (χ4v) is 8.19. The summed E-state index contributed by atoms with van der Waals surface area (Å²) >= 11 is 0. The Morgan fingerprint density at radius 2 is 0.750 bits per heavy atom. The van der Waals surface area contributed by atoms with Gasteiger partial charge in [0.1, 0.15) is 0 Å². The highest BCUT2D eigenvalue weighted by Gasteiger charge is 2.22. The predicted molar refractivity (Wildman–Crippen MR) is 230 cm³/mol. The summed E-state index contributed by atoms with van der Waals surface area (Å²) in [7, 11) is 0. The first-order valence-electron chi connectivity index (χ1n) is 18.9. The molecule has 8 aromatic carbocycles. The van der Waals surface area contributed by atoms with Gasteiger partial charge < -0.3 is 4.57 Å². The third kappa shape index (κ3) is 5.21. The summed E-state index contributed by atoms with van der Waals surface area (Å²) in [5, 5.41) is 4.66. The minimum absolute atomic E-state index is 0.571. The molecule has 56 heavy (non-hydrogen) atoms. The van der Waals surface area contributed by atoms with E-state index in [0.29, 0.717) is 17.6 Å². The molecule has 0 aliphatic carbocycles. The number of para-hydroxylation sites is 2. The van der Waals surface area contributed by atoms with Crippen molar-refractivity contribution in [1.82, 2.24) is 24.1 Å². The van der Waals surface area contributed by atoms with Crippen LogP contribution >= 0.6 is 0 Å². The van der Waals surface area contributed by atoms with Crippen LogP contribution in [0.5, 0.6) is 0 Å². The molecule has 262 valence electrons. The van der Waals surface area contributed by atoms with Crippen LogP contribution in [0.3, 0.4) is 0 Å². The summed E-state index contributed by atoms with van der Waals surface area (Å²) < 4.78 is 4.66. The van der Waals surface area contributed by atoms with Crippen LogP contribution in [-0.2, 0) is 0 Å². The number of nitrogens with zero attached hydrogens (tertiary/aromatic N) is 5. The van der Waals surface area contributed by atoms with Crippen LogP contribution in [-0.4, -0.2) is 24.1 Å². The highest BCUT2D eigenvalue weighted by atomic mass is 15.2. The molecule has 0 unspecified atom stereocenters. The molecule has 5 nitrogen and oxygen atoms in total. The molecule has 0 aliphatic heterocycles. The van der Waals surface area contributed by atoms with E-state index in [1.165, 1.54) is 16.3 Å². The molecular weight excluding hydrogens is 683 g/mol. The second-order valence-electron chi connectivity index (χ2n) is 14.1. The molecule has 0 fully saturated rings. The molecular formula is C51H33N5. The Morgan fingerprint density at radius 3 is 1.32 bits per heavy atom. The lowest BCUT2D eigenvalue weighted by Crippen LogP contribution is -2.06. The van der Waals surface area contributed by atoms with E-state index in [1.807, 2.05) is 36.4 Å². The van der Waals surface area contributed by atoms with Gasteiger partial charge in [-0.05, 0) is 47.0 Å². The molecule has 3 aromatic heterocycles. The van der Waals surface area contributed by atoms with E-state index in [4.69, 9.17) is 15.0 Å². The van der Waals surface area contributed by atoms with Crippen LogP contribution in [0, 0.1) is 0 Å². The molecule has 0 N–H and O–H groups in total. The van der Waals surface area contributed by atoms with E-state index in [1.54, 1.807) is 0 Å². The van der Waals surface area contributed by atoms with Crippen molar-refractivity contribution < 1.29 is 0 Å². The lowest BCUT2D eigenvalue weighted by Gasteiger charge is -2.16. The number of rotatable bonds is 6. The molecule has 3 heterocycles. The van der Waals surface area contributed by atoms with Crippen molar-refractivity contribution in [2.24, 2.45) is 0 Å². The quantitative estimate of drug-likeness (QED) is 0.172. The highest BCUT2D eigenvalue weighted by Crippen LogP contribution is 2.42. The monoisotopic (exact) mass is 715 g/mol. The van der Waals surface area contributed by atoms with Crippen molar-refractivity contribution in [1.29, 1.82) is 0 Å². The lowest BCUT2D eigenvalue weighted by molar-refractivity contribution is 0.953. The maximum absolute atomic E-state index is 5.21. The van der Waals surface area contributed by atoms with E-state index in [-0.39, 0.29) is 0 Å². The van der Waals surface area contributed by atoms with Crippen LogP contribution < -0.4 is 0 Å². The van der Waals surface area contributed by atoms with Gasteiger partial charge in [0.05, 0.1) is 27.8 Å². The zero-order valence-electron chi connectivity index (χ0n) is 30.3. The second kappa shape index (κ2) is 13.0. The van der Waals surface area contributed by atoms with Gasteiger partial charge in [0.2, 0.25) is 5.95 Å². The van der Waals surface area contributed by atoms with Gasteiger partial charge in [0.15, 0.2) is 11.6 Å². The summed E-state index contributed by atoms with van der Waals surface area (Å²) in [5.41, 5.74) is 11.9. The number of fused-ring (bicyclic) bond motifs is 6. The van der Waals surface area contributed by atoms with Crippen molar-refractivity contribution in [3.8, 4) is 56.7 Å². The van der Waals surface area contributed by atoms with Crippen LogP contribution in [0.25, 0.3) is 100 Å². The molecule has 0 bridgehead atoms. The van der Waals surface area contributed by atoms with Gasteiger partial charge in [0, 0.05) is 38.2 Å². The van der Waals surface area contributed by atoms with E-state index < -0.39 is 0 Å². The number of aromatic nitrogens is 5. The number of benzene rings is 8. The van der Waals surface area contributed by atoms with Gasteiger partial charge in [-0.25, -0.2) is 4.98 Å². The first-order chi connectivity index (χ1) is 27.8. The standard InChI is InChI=1S/C51H33N5/c1-5-17-34(18-6-1)38-29-30-39(35-19-7-2-8-20-35)46(31-38)55-44-27-15-13-25-40(44)42-32-43-41-26-14-16-28-45(41)56(48(43)33-47(42)55)51-53-49(36-21-9-3-10-22-36)52-50(54-51)37-23-11-4-12-24-37/h1-33H. The minimum atomic E-state index is 0.571. The molecule has 5 heteroatoms. The maximum atomic E-state index is 5.21. The Hall–Kier alpha value is -7.63. The zero-order chi connectivity index (χ0) is 37.0. The molecule has 0 atom stereocenters. The summed E-state index contributed by atoms with van der Waals surface area (Å²) in [4.78, 5) is 15.4. The summed E-state index contributed by atoms with van der Waals surface area (Å²) in [6.45, 7) is 0. The number of hydrogen-bond donors (Lipinski definition) is 0. The van der Waals surface area contributed by atoms with Crippen LogP contribution in [0.2, 0.25) is 0 Å². The largest absolute Gasteiger partial charge is 0.309 e. The summed E-state index contributed by atoms with van der Waals surface area (Å²) in [6.07, 6.45) is 0. The fraction of sp³-hybridized carbons (Fsp3) is 0. The average molecular weight is 716 g/mol. The normalized spacial score (nSPS) is 11.6. The van der Waals surface area contributed by atoms with Gasteiger partial charge in [-0.2, -0.15) is 9.97 Å². The van der Waals surface area contributed by atoms with E-state index in [0.717, 1.165) is 66.3 Å². The van der Waals surface area contributed by atoms with Gasteiger partial charge >= 0.3 is 0 Å². The predicted octanol–water partition coefficient (Wildman–Crippen LogP) is 12.7. The second-order valence-corrected chi connectivity index (χ2v) is 14.1. The molecule has 0 saturated carbocycles. The van der Waals surface area contributed by atoms with Gasteiger partial charge in [-0.15, -0.1) is 0 Å². The Morgan fingerprint density at radius 1 is 0.286 bits per heavy atom. The smallest absolute Gasteiger partial charge is 0.238 e.